The Balaban J connectivity index is 1.25. The van der Waals surface area contributed by atoms with Gasteiger partial charge in [-0.25, -0.2) is 19.3 Å². The second-order valence-corrected chi connectivity index (χ2v) is 9.59. The molecule has 6 N–H and O–H groups in total. The molecule has 2 aromatic heterocycles. The summed E-state index contributed by atoms with van der Waals surface area (Å²) in [4.78, 5) is 40.8. The number of nitrogens with zero attached hydrogens (tertiary/aromatic N) is 2. The highest BCUT2D eigenvalue weighted by molar-refractivity contribution is 6.45. The van der Waals surface area contributed by atoms with Gasteiger partial charge in [0.05, 0.1) is 23.0 Å². The van der Waals surface area contributed by atoms with Crippen LogP contribution in [0.4, 0.5) is 26.9 Å². The van der Waals surface area contributed by atoms with Crippen LogP contribution in [0.2, 0.25) is 10.0 Å². The summed E-state index contributed by atoms with van der Waals surface area (Å²) in [6, 6.07) is 13.3. The lowest BCUT2D eigenvalue weighted by Crippen LogP contribution is -2.30. The van der Waals surface area contributed by atoms with Gasteiger partial charge in [-0.3, -0.25) is 20.5 Å². The summed E-state index contributed by atoms with van der Waals surface area (Å²) in [6.07, 6.45) is 3.40. The van der Waals surface area contributed by atoms with Crippen LogP contribution in [0, 0.1) is 0 Å². The lowest BCUT2D eigenvalue weighted by atomic mass is 10.2. The van der Waals surface area contributed by atoms with Crippen LogP contribution in [0.25, 0.3) is 5.69 Å². The molecular formula is C26H23Cl2N7O5. The number of anilines is 3. The second kappa shape index (κ2) is 11.7. The van der Waals surface area contributed by atoms with E-state index in [1.807, 2.05) is 0 Å². The molecule has 206 valence electrons. The average molecular weight is 584 g/mol. The Bertz CT molecular complexity index is 1620. The van der Waals surface area contributed by atoms with Crippen LogP contribution in [0.5, 0.6) is 11.5 Å². The van der Waals surface area contributed by atoms with E-state index in [4.69, 9.17) is 27.9 Å². The van der Waals surface area contributed by atoms with Crippen molar-refractivity contribution in [2.75, 3.05) is 16.0 Å². The first-order valence-corrected chi connectivity index (χ1v) is 12.8. The van der Waals surface area contributed by atoms with Crippen molar-refractivity contribution in [3.63, 3.8) is 0 Å². The van der Waals surface area contributed by atoms with E-state index in [-0.39, 0.29) is 46.0 Å². The molecule has 2 heterocycles. The Morgan fingerprint density at radius 3 is 2.50 bits per heavy atom. The second-order valence-electron chi connectivity index (χ2n) is 8.84. The molecule has 1 fully saturated rings. The Morgan fingerprint density at radius 2 is 1.77 bits per heavy atom. The van der Waals surface area contributed by atoms with Gasteiger partial charge >= 0.3 is 12.1 Å². The van der Waals surface area contributed by atoms with E-state index in [0.717, 1.165) is 12.8 Å². The van der Waals surface area contributed by atoms with Crippen LogP contribution >= 0.6 is 23.2 Å². The number of carbonyl (C=O) groups is 2. The van der Waals surface area contributed by atoms with Gasteiger partial charge in [0.25, 0.3) is 5.56 Å². The fraction of sp³-hybridized carbons (Fsp3) is 0.154. The first-order valence-electron chi connectivity index (χ1n) is 12.1. The molecular weight excluding hydrogens is 561 g/mol. The van der Waals surface area contributed by atoms with Crippen LogP contribution in [0.15, 0.2) is 65.6 Å². The van der Waals surface area contributed by atoms with Gasteiger partial charge in [-0.1, -0.05) is 35.3 Å². The predicted octanol–water partition coefficient (Wildman–Crippen LogP) is 5.08. The van der Waals surface area contributed by atoms with E-state index >= 15 is 0 Å². The molecule has 0 saturated heterocycles. The van der Waals surface area contributed by atoms with E-state index in [1.165, 1.54) is 35.1 Å². The van der Waals surface area contributed by atoms with Gasteiger partial charge in [-0.15, -0.1) is 0 Å². The number of halogens is 2. The van der Waals surface area contributed by atoms with Crippen molar-refractivity contribution in [3.05, 3.63) is 86.8 Å². The Hall–Kier alpha value is -4.52. The number of hydrogen-bond acceptors (Lipinski definition) is 6. The zero-order valence-electron chi connectivity index (χ0n) is 20.7. The van der Waals surface area contributed by atoms with Gasteiger partial charge in [0, 0.05) is 24.4 Å². The molecule has 1 aliphatic carbocycles. The third-order valence-corrected chi connectivity index (χ3v) is 6.62. The Labute approximate surface area is 237 Å². The van der Waals surface area contributed by atoms with Gasteiger partial charge in [0.2, 0.25) is 0 Å². The SMILES string of the molecule is O=C(Nc1ccc(Oc2ccnc(NC(=O)NC3CC3)c2)c(Cl)c1Cl)Nc1cc(=O)[nH]n1-c1ccc(CO)cc1. The molecule has 0 bridgehead atoms. The number of aliphatic hydroxyl groups excluding tert-OH is 1. The minimum absolute atomic E-state index is 0.0246. The number of aromatic amines is 1. The van der Waals surface area contributed by atoms with Crippen molar-refractivity contribution >= 4 is 52.6 Å². The number of pyridine rings is 1. The van der Waals surface area contributed by atoms with E-state index < -0.39 is 11.6 Å². The number of nitrogens with one attached hydrogen (secondary N) is 5. The standard InChI is InChI=1S/C26H23Cl2N7O5/c27-23-18(31-26(39)33-21-12-22(37)34-35(21)16-5-1-14(13-36)2-6-16)7-8-19(24(23)28)40-17-9-10-29-20(11-17)32-25(38)30-15-3-4-15/h1-2,5-12,15,36H,3-4,13H2,(H,34,37)(H2,31,33,39)(H2,29,30,32,38). The van der Waals surface area contributed by atoms with Crippen molar-refractivity contribution in [2.45, 2.75) is 25.5 Å². The Morgan fingerprint density at radius 1 is 1.00 bits per heavy atom. The molecule has 14 heteroatoms. The number of rotatable bonds is 8. The molecule has 0 unspecified atom stereocenters. The number of aromatic nitrogens is 3. The normalized spacial score (nSPS) is 12.5. The largest absolute Gasteiger partial charge is 0.456 e. The van der Waals surface area contributed by atoms with Gasteiger partial charge in [-0.05, 0) is 48.7 Å². The summed E-state index contributed by atoms with van der Waals surface area (Å²) in [5.41, 5.74) is 1.03. The number of aliphatic hydroxyl groups is 1. The van der Waals surface area contributed by atoms with Gasteiger partial charge in [0.15, 0.2) is 0 Å². The summed E-state index contributed by atoms with van der Waals surface area (Å²) < 4.78 is 7.22. The minimum atomic E-state index is -0.680. The fourth-order valence-electron chi connectivity index (χ4n) is 3.65. The highest BCUT2D eigenvalue weighted by Crippen LogP contribution is 2.39. The molecule has 0 radical (unpaired) electrons. The topological polar surface area (TPSA) is 162 Å². The highest BCUT2D eigenvalue weighted by atomic mass is 35.5. The molecule has 1 aliphatic rings. The van der Waals surface area contributed by atoms with Crippen LogP contribution < -0.4 is 31.6 Å². The molecule has 4 amide bonds. The van der Waals surface area contributed by atoms with E-state index in [2.05, 4.69) is 31.3 Å². The van der Waals surface area contributed by atoms with Crippen molar-refractivity contribution in [1.29, 1.82) is 0 Å². The van der Waals surface area contributed by atoms with E-state index in [0.29, 0.717) is 22.8 Å². The molecule has 0 aliphatic heterocycles. The minimum Gasteiger partial charge on any atom is -0.456 e. The van der Waals surface area contributed by atoms with Gasteiger partial charge in [-0.2, -0.15) is 0 Å². The van der Waals surface area contributed by atoms with Crippen LogP contribution in [-0.4, -0.2) is 38.0 Å². The number of urea groups is 2. The third kappa shape index (κ3) is 6.54. The molecule has 4 aromatic rings. The smallest absolute Gasteiger partial charge is 0.324 e. The zero-order valence-corrected chi connectivity index (χ0v) is 22.2. The van der Waals surface area contributed by atoms with Crippen molar-refractivity contribution in [1.82, 2.24) is 20.1 Å². The third-order valence-electron chi connectivity index (χ3n) is 5.76. The summed E-state index contributed by atoms with van der Waals surface area (Å²) in [7, 11) is 0. The number of carbonyl (C=O) groups excluding carboxylic acids is 2. The first kappa shape index (κ1) is 27.1. The summed E-state index contributed by atoms with van der Waals surface area (Å²) >= 11 is 12.8. The fourth-order valence-corrected chi connectivity index (χ4v) is 4.06. The van der Waals surface area contributed by atoms with Crippen LogP contribution in [0.1, 0.15) is 18.4 Å². The lowest BCUT2D eigenvalue weighted by Gasteiger charge is -2.14. The van der Waals surface area contributed by atoms with E-state index in [1.54, 1.807) is 30.3 Å². The van der Waals surface area contributed by atoms with Crippen LogP contribution in [0.3, 0.4) is 0 Å². The van der Waals surface area contributed by atoms with Crippen molar-refractivity contribution in [2.24, 2.45) is 0 Å². The molecule has 1 saturated carbocycles. The summed E-state index contributed by atoms with van der Waals surface area (Å²) in [6.45, 7) is -0.122. The number of H-pyrrole nitrogens is 1. The predicted molar refractivity (Wildman–Crippen MR) is 151 cm³/mol. The van der Waals surface area contributed by atoms with Crippen LogP contribution in [-0.2, 0) is 6.61 Å². The summed E-state index contributed by atoms with van der Waals surface area (Å²) in [5.74, 6) is 1.03. The monoisotopic (exact) mass is 583 g/mol. The molecule has 40 heavy (non-hydrogen) atoms. The number of hydrogen-bond donors (Lipinski definition) is 6. The molecule has 0 spiro atoms. The molecule has 5 rings (SSSR count). The summed E-state index contributed by atoms with van der Waals surface area (Å²) in [5, 5.41) is 22.6. The highest BCUT2D eigenvalue weighted by Gasteiger charge is 2.23. The van der Waals surface area contributed by atoms with Crippen molar-refractivity contribution < 1.29 is 19.4 Å². The molecule has 12 nitrogen and oxygen atoms in total. The molecule has 2 aromatic carbocycles. The van der Waals surface area contributed by atoms with Gasteiger partial charge < -0.3 is 20.5 Å². The average Bonchev–Trinajstić information content (AvgIpc) is 3.67. The number of benzene rings is 2. The first-order chi connectivity index (χ1) is 19.3. The van der Waals surface area contributed by atoms with Gasteiger partial charge in [0.1, 0.15) is 28.2 Å². The number of ether oxygens (including phenoxy) is 1. The Kier molecular flexibility index (Phi) is 7.91. The van der Waals surface area contributed by atoms with E-state index in [9.17, 15) is 19.5 Å². The number of amides is 4. The maximum Gasteiger partial charge on any atom is 0.324 e. The lowest BCUT2D eigenvalue weighted by molar-refractivity contribution is 0.251. The zero-order chi connectivity index (χ0) is 28.2. The quantitative estimate of drug-likeness (QED) is 0.169. The van der Waals surface area contributed by atoms with Crippen molar-refractivity contribution in [3.8, 4) is 17.2 Å². The maximum absolute atomic E-state index is 12.7. The maximum atomic E-state index is 12.7. The molecule has 0 atom stereocenters.